The number of nitrogens with one attached hydrogen (secondary N) is 1. The van der Waals surface area contributed by atoms with E-state index in [0.717, 1.165) is 31.2 Å². The van der Waals surface area contributed by atoms with Crippen LogP contribution in [0.4, 0.5) is 5.82 Å². The van der Waals surface area contributed by atoms with Crippen LogP contribution in [0, 0.1) is 5.92 Å². The Morgan fingerprint density at radius 1 is 1.20 bits per heavy atom. The lowest BCUT2D eigenvalue weighted by Gasteiger charge is -2.24. The molecule has 4 rings (SSSR count). The van der Waals surface area contributed by atoms with Crippen molar-refractivity contribution in [1.29, 1.82) is 0 Å². The fraction of sp³-hybridized carbons (Fsp3) is 0.533. The van der Waals surface area contributed by atoms with E-state index >= 15 is 0 Å². The summed E-state index contributed by atoms with van der Waals surface area (Å²) in [7, 11) is 0. The van der Waals surface area contributed by atoms with Crippen LogP contribution in [0.1, 0.15) is 36.8 Å². The molecule has 3 heterocycles. The highest BCUT2D eigenvalue weighted by Crippen LogP contribution is 2.38. The van der Waals surface area contributed by atoms with Gasteiger partial charge < -0.3 is 9.88 Å². The summed E-state index contributed by atoms with van der Waals surface area (Å²) >= 11 is 0. The van der Waals surface area contributed by atoms with Crippen LogP contribution in [-0.4, -0.2) is 26.1 Å². The molecule has 0 saturated heterocycles. The summed E-state index contributed by atoms with van der Waals surface area (Å²) in [5, 5.41) is 3.48. The number of hydrogen-bond acceptors (Lipinski definition) is 4. The molecule has 2 aromatic rings. The van der Waals surface area contributed by atoms with Gasteiger partial charge in [0.25, 0.3) is 0 Å². The van der Waals surface area contributed by atoms with Crippen molar-refractivity contribution >= 4 is 5.82 Å². The molecule has 104 valence electrons. The second-order valence-corrected chi connectivity index (χ2v) is 5.86. The second kappa shape index (κ2) is 4.89. The lowest BCUT2D eigenvalue weighted by atomic mass is 9.99. The molecule has 0 radical (unpaired) electrons. The molecular weight excluding hydrogens is 250 g/mol. The minimum Gasteiger partial charge on any atom is -0.370 e. The average molecular weight is 269 g/mol. The van der Waals surface area contributed by atoms with Gasteiger partial charge in [0.1, 0.15) is 17.5 Å². The van der Waals surface area contributed by atoms with Crippen LogP contribution >= 0.6 is 0 Å². The van der Waals surface area contributed by atoms with Gasteiger partial charge >= 0.3 is 0 Å². The molecule has 1 aliphatic carbocycles. The van der Waals surface area contributed by atoms with Gasteiger partial charge in [0.05, 0.1) is 0 Å². The van der Waals surface area contributed by atoms with E-state index in [1.165, 1.54) is 25.1 Å². The molecule has 0 aromatic carbocycles. The highest BCUT2D eigenvalue weighted by Gasteiger charge is 2.26. The van der Waals surface area contributed by atoms with Crippen molar-refractivity contribution in [2.24, 2.45) is 5.92 Å². The summed E-state index contributed by atoms with van der Waals surface area (Å²) in [6, 6.07) is 1.97. The summed E-state index contributed by atoms with van der Waals surface area (Å²) < 4.78 is 2.27. The Balaban J connectivity index is 1.37. The summed E-state index contributed by atoms with van der Waals surface area (Å²) in [5.74, 6) is 4.46. The minimum atomic E-state index is 0.611. The van der Waals surface area contributed by atoms with Crippen molar-refractivity contribution in [3.63, 3.8) is 0 Å². The maximum Gasteiger partial charge on any atom is 0.133 e. The fourth-order valence-electron chi connectivity index (χ4n) is 2.86. The highest BCUT2D eigenvalue weighted by atomic mass is 15.1. The summed E-state index contributed by atoms with van der Waals surface area (Å²) in [4.78, 5) is 13.3. The number of aryl methyl sites for hydroxylation is 1. The number of anilines is 1. The monoisotopic (exact) mass is 269 g/mol. The molecule has 0 amide bonds. The molecule has 1 N–H and O–H groups in total. The zero-order chi connectivity index (χ0) is 13.4. The van der Waals surface area contributed by atoms with E-state index in [1.807, 2.05) is 18.5 Å². The van der Waals surface area contributed by atoms with Crippen molar-refractivity contribution < 1.29 is 0 Å². The van der Waals surface area contributed by atoms with Gasteiger partial charge in [0.2, 0.25) is 0 Å². The van der Waals surface area contributed by atoms with Crippen molar-refractivity contribution in [3.8, 4) is 0 Å². The van der Waals surface area contributed by atoms with Crippen LogP contribution in [0.2, 0.25) is 0 Å². The second-order valence-electron chi connectivity index (χ2n) is 5.86. The van der Waals surface area contributed by atoms with Gasteiger partial charge in [-0.25, -0.2) is 15.0 Å². The Bertz CT molecular complexity index is 602. The van der Waals surface area contributed by atoms with E-state index in [9.17, 15) is 0 Å². The van der Waals surface area contributed by atoms with E-state index in [4.69, 9.17) is 0 Å². The zero-order valence-corrected chi connectivity index (χ0v) is 11.5. The number of fused-ring (bicyclic) bond motifs is 1. The molecule has 0 spiro atoms. The normalized spacial score (nSPS) is 21.5. The van der Waals surface area contributed by atoms with E-state index in [0.29, 0.717) is 11.8 Å². The molecule has 5 nitrogen and oxygen atoms in total. The number of nitrogens with zero attached hydrogens (tertiary/aromatic N) is 4. The molecule has 1 fully saturated rings. The molecule has 1 saturated carbocycles. The predicted molar refractivity (Wildman–Crippen MR) is 76.5 cm³/mol. The first-order valence-electron chi connectivity index (χ1n) is 7.45. The minimum absolute atomic E-state index is 0.611. The average Bonchev–Trinajstić information content (AvgIpc) is 3.24. The molecular formula is C15H19N5. The van der Waals surface area contributed by atoms with E-state index in [2.05, 4.69) is 31.0 Å². The molecule has 5 heteroatoms. The van der Waals surface area contributed by atoms with Gasteiger partial charge in [-0.2, -0.15) is 0 Å². The van der Waals surface area contributed by atoms with Crippen LogP contribution in [-0.2, 0) is 13.0 Å². The number of aromatic nitrogens is 4. The van der Waals surface area contributed by atoms with Gasteiger partial charge in [-0.3, -0.25) is 0 Å². The van der Waals surface area contributed by atoms with E-state index < -0.39 is 0 Å². The van der Waals surface area contributed by atoms with Crippen LogP contribution in [0.3, 0.4) is 0 Å². The first-order chi connectivity index (χ1) is 9.88. The number of hydrogen-bond donors (Lipinski definition) is 1. The highest BCUT2D eigenvalue weighted by molar-refractivity contribution is 5.34. The lowest BCUT2D eigenvalue weighted by Crippen LogP contribution is -2.26. The Labute approximate surface area is 118 Å². The van der Waals surface area contributed by atoms with Crippen LogP contribution < -0.4 is 5.32 Å². The third-order valence-electron chi connectivity index (χ3n) is 4.22. The Morgan fingerprint density at radius 3 is 3.05 bits per heavy atom. The van der Waals surface area contributed by atoms with Crippen molar-refractivity contribution in [3.05, 3.63) is 36.3 Å². The van der Waals surface area contributed by atoms with Gasteiger partial charge in [0, 0.05) is 44.0 Å². The molecule has 2 aliphatic rings. The summed E-state index contributed by atoms with van der Waals surface area (Å²) in [6.07, 6.45) is 10.6. The predicted octanol–water partition coefficient (Wildman–Crippen LogP) is 2.22. The molecule has 0 unspecified atom stereocenters. The van der Waals surface area contributed by atoms with Gasteiger partial charge in [-0.1, -0.05) is 0 Å². The third kappa shape index (κ3) is 2.40. The Morgan fingerprint density at radius 2 is 2.15 bits per heavy atom. The smallest absolute Gasteiger partial charge is 0.133 e. The number of imidazole rings is 1. The van der Waals surface area contributed by atoms with Gasteiger partial charge in [-0.05, 0) is 31.2 Å². The maximum absolute atomic E-state index is 4.61. The quantitative estimate of drug-likeness (QED) is 0.924. The zero-order valence-electron chi connectivity index (χ0n) is 11.5. The van der Waals surface area contributed by atoms with Crippen LogP contribution in [0.5, 0.6) is 0 Å². The maximum atomic E-state index is 4.61. The van der Waals surface area contributed by atoms with Crippen molar-refractivity contribution in [2.75, 3.05) is 11.9 Å². The molecule has 0 bridgehead atoms. The van der Waals surface area contributed by atoms with E-state index in [-0.39, 0.29) is 0 Å². The van der Waals surface area contributed by atoms with Crippen LogP contribution in [0.15, 0.2) is 24.7 Å². The fourth-order valence-corrected chi connectivity index (χ4v) is 2.86. The van der Waals surface area contributed by atoms with Gasteiger partial charge in [-0.15, -0.1) is 0 Å². The molecule has 20 heavy (non-hydrogen) atoms. The molecule has 1 atom stereocenters. The molecule has 2 aromatic heterocycles. The number of rotatable bonds is 4. The lowest BCUT2D eigenvalue weighted by molar-refractivity contribution is 0.381. The van der Waals surface area contributed by atoms with Crippen molar-refractivity contribution in [2.45, 2.75) is 38.1 Å². The SMILES string of the molecule is c1cc(NC[C@H]2CCc3nccn3C2)nc(C2CC2)n1. The summed E-state index contributed by atoms with van der Waals surface area (Å²) in [5.41, 5.74) is 0. The standard InChI is InChI=1S/C15H19N5/c1-4-14-16-7-8-20(14)10-11(1)9-18-13-5-6-17-15(19-13)12-2-3-12/h5-8,11-12H,1-4,9-10H2,(H,17,18,19)/t11-/m1/s1. The topological polar surface area (TPSA) is 55.6 Å². The van der Waals surface area contributed by atoms with Gasteiger partial charge in [0.15, 0.2) is 0 Å². The Hall–Kier alpha value is -1.91. The first-order valence-corrected chi connectivity index (χ1v) is 7.45. The van der Waals surface area contributed by atoms with Crippen molar-refractivity contribution in [1.82, 2.24) is 19.5 Å². The first kappa shape index (κ1) is 11.9. The Kier molecular flexibility index (Phi) is 2.90. The summed E-state index contributed by atoms with van der Waals surface area (Å²) in [6.45, 7) is 2.03. The molecule has 1 aliphatic heterocycles. The van der Waals surface area contributed by atoms with E-state index in [1.54, 1.807) is 0 Å². The third-order valence-corrected chi connectivity index (χ3v) is 4.22. The largest absolute Gasteiger partial charge is 0.370 e. The van der Waals surface area contributed by atoms with Crippen LogP contribution in [0.25, 0.3) is 0 Å².